The summed E-state index contributed by atoms with van der Waals surface area (Å²) in [6.07, 6.45) is 35.7. The van der Waals surface area contributed by atoms with Crippen LogP contribution in [-0.2, 0) is 28.5 Å². The Labute approximate surface area is 346 Å². The fourth-order valence-corrected chi connectivity index (χ4v) is 6.80. The van der Waals surface area contributed by atoms with Crippen molar-refractivity contribution in [1.82, 2.24) is 0 Å². The molecule has 57 heavy (non-hydrogen) atoms. The summed E-state index contributed by atoms with van der Waals surface area (Å²) in [7, 11) is 0. The Morgan fingerprint density at radius 1 is 0.544 bits per heavy atom. The summed E-state index contributed by atoms with van der Waals surface area (Å²) >= 11 is 0. The van der Waals surface area contributed by atoms with Crippen LogP contribution in [0, 0.1) is 0 Å². The van der Waals surface area contributed by atoms with E-state index in [1.165, 1.54) is 83.5 Å². The molecule has 0 aromatic rings. The summed E-state index contributed by atoms with van der Waals surface area (Å²) in [6, 6.07) is 0. The van der Waals surface area contributed by atoms with E-state index in [9.17, 15) is 30.0 Å². The Bertz CT molecular complexity index is 1030. The molecule has 1 aliphatic heterocycles. The third-order valence-corrected chi connectivity index (χ3v) is 10.5. The van der Waals surface area contributed by atoms with Crippen LogP contribution in [0.2, 0.25) is 0 Å². The van der Waals surface area contributed by atoms with Crippen LogP contribution < -0.4 is 0 Å². The molecule has 4 N–H and O–H groups in total. The van der Waals surface area contributed by atoms with Crippen molar-refractivity contribution in [2.45, 2.75) is 230 Å². The third kappa shape index (κ3) is 29.7. The van der Waals surface area contributed by atoms with Gasteiger partial charge in [0.05, 0.1) is 13.2 Å². The first kappa shape index (κ1) is 52.9. The van der Waals surface area contributed by atoms with Crippen LogP contribution in [-0.4, -0.2) is 89.0 Å². The Morgan fingerprint density at radius 2 is 0.982 bits per heavy atom. The standard InChI is InChI=1S/C47H84O10/c1-3-5-7-9-11-13-15-17-19-21-23-25-27-29-31-33-35-42(49)54-38-40(39-55-47-46(53)45(52)44(51)41(37-48)57-47)56-43(50)36-34-32-30-28-26-24-22-20-18-16-14-12-10-8-6-4-2/h14,16,19-22,40-41,44-48,51-53H,3-13,15,17-18,23-39H2,1-2H3/b16-14-,21-19-,22-20-. The first-order valence-electron chi connectivity index (χ1n) is 23.1. The molecule has 1 fully saturated rings. The molecular formula is C47H84O10. The summed E-state index contributed by atoms with van der Waals surface area (Å²) in [4.78, 5) is 25.3. The van der Waals surface area contributed by atoms with Crippen LogP contribution >= 0.6 is 0 Å². The highest BCUT2D eigenvalue weighted by Crippen LogP contribution is 2.22. The number of rotatable bonds is 38. The summed E-state index contributed by atoms with van der Waals surface area (Å²) in [5, 5.41) is 40.1. The number of hydrogen-bond donors (Lipinski definition) is 4. The second-order valence-electron chi connectivity index (χ2n) is 15.8. The van der Waals surface area contributed by atoms with Gasteiger partial charge in [-0.3, -0.25) is 9.59 Å². The van der Waals surface area contributed by atoms with Gasteiger partial charge in [-0.15, -0.1) is 0 Å². The van der Waals surface area contributed by atoms with Gasteiger partial charge >= 0.3 is 11.9 Å². The lowest BCUT2D eigenvalue weighted by Gasteiger charge is -2.39. The number of ether oxygens (including phenoxy) is 4. The molecule has 1 heterocycles. The first-order chi connectivity index (χ1) is 27.8. The Balaban J connectivity index is 2.34. The number of aliphatic hydroxyl groups is 4. The molecule has 6 atom stereocenters. The Hall–Kier alpha value is -2.08. The minimum atomic E-state index is -1.60. The smallest absolute Gasteiger partial charge is 0.306 e. The molecule has 0 aromatic carbocycles. The van der Waals surface area contributed by atoms with E-state index in [0.29, 0.717) is 12.8 Å². The minimum absolute atomic E-state index is 0.212. The Kier molecular flexibility index (Phi) is 35.4. The van der Waals surface area contributed by atoms with E-state index in [0.717, 1.165) is 70.6 Å². The predicted molar refractivity (Wildman–Crippen MR) is 229 cm³/mol. The van der Waals surface area contributed by atoms with Gasteiger partial charge in [0.1, 0.15) is 31.0 Å². The van der Waals surface area contributed by atoms with Crippen LogP contribution in [0.1, 0.15) is 194 Å². The van der Waals surface area contributed by atoms with Crippen LogP contribution in [0.15, 0.2) is 36.5 Å². The number of carbonyl (C=O) groups is 2. The molecule has 1 aliphatic rings. The van der Waals surface area contributed by atoms with Gasteiger partial charge < -0.3 is 39.4 Å². The molecule has 10 heteroatoms. The van der Waals surface area contributed by atoms with Crippen LogP contribution in [0.25, 0.3) is 0 Å². The largest absolute Gasteiger partial charge is 0.462 e. The highest BCUT2D eigenvalue weighted by molar-refractivity contribution is 5.70. The topological polar surface area (TPSA) is 152 Å². The summed E-state index contributed by atoms with van der Waals surface area (Å²) in [6.45, 7) is 3.38. The summed E-state index contributed by atoms with van der Waals surface area (Å²) < 4.78 is 22.1. The average molecular weight is 809 g/mol. The van der Waals surface area contributed by atoms with Crippen molar-refractivity contribution in [2.75, 3.05) is 19.8 Å². The van der Waals surface area contributed by atoms with E-state index >= 15 is 0 Å². The number of aliphatic hydroxyl groups excluding tert-OH is 4. The lowest BCUT2D eigenvalue weighted by Crippen LogP contribution is -2.59. The van der Waals surface area contributed by atoms with Gasteiger partial charge in [0.25, 0.3) is 0 Å². The molecule has 0 aromatic heterocycles. The molecule has 0 aliphatic carbocycles. The van der Waals surface area contributed by atoms with Crippen molar-refractivity contribution in [3.8, 4) is 0 Å². The van der Waals surface area contributed by atoms with E-state index in [1.807, 2.05) is 0 Å². The SMILES string of the molecule is CCCCCC/C=C\C/C=C\CCCCCCCC(=O)OC(COC(=O)CCCCCCC/C=C\CCCCCCCCC)COC1OC(CO)C(O)C(O)C1O. The molecule has 10 nitrogen and oxygen atoms in total. The molecule has 6 unspecified atom stereocenters. The molecular weight excluding hydrogens is 725 g/mol. The van der Waals surface area contributed by atoms with E-state index in [-0.39, 0.29) is 32.0 Å². The van der Waals surface area contributed by atoms with Gasteiger partial charge in [0.2, 0.25) is 0 Å². The van der Waals surface area contributed by atoms with Gasteiger partial charge in [-0.2, -0.15) is 0 Å². The van der Waals surface area contributed by atoms with E-state index in [2.05, 4.69) is 50.3 Å². The molecule has 0 spiro atoms. The third-order valence-electron chi connectivity index (χ3n) is 10.5. The van der Waals surface area contributed by atoms with Crippen molar-refractivity contribution < 1.29 is 49.0 Å². The van der Waals surface area contributed by atoms with E-state index in [1.54, 1.807) is 0 Å². The second-order valence-corrected chi connectivity index (χ2v) is 15.8. The van der Waals surface area contributed by atoms with E-state index in [4.69, 9.17) is 18.9 Å². The van der Waals surface area contributed by atoms with Gasteiger partial charge in [-0.1, -0.05) is 147 Å². The molecule has 1 rings (SSSR count). The lowest BCUT2D eigenvalue weighted by atomic mass is 9.99. The van der Waals surface area contributed by atoms with Gasteiger partial charge in [-0.05, 0) is 70.6 Å². The normalized spacial score (nSPS) is 20.6. The highest BCUT2D eigenvalue weighted by Gasteiger charge is 2.44. The summed E-state index contributed by atoms with van der Waals surface area (Å²) in [5.74, 6) is -0.830. The van der Waals surface area contributed by atoms with Crippen LogP contribution in [0.5, 0.6) is 0 Å². The van der Waals surface area contributed by atoms with Crippen LogP contribution in [0.3, 0.4) is 0 Å². The fourth-order valence-electron chi connectivity index (χ4n) is 6.80. The monoisotopic (exact) mass is 809 g/mol. The zero-order chi connectivity index (χ0) is 41.6. The van der Waals surface area contributed by atoms with Crippen molar-refractivity contribution in [1.29, 1.82) is 0 Å². The molecule has 0 saturated carbocycles. The summed E-state index contributed by atoms with van der Waals surface area (Å²) in [5.41, 5.74) is 0. The van der Waals surface area contributed by atoms with Crippen molar-refractivity contribution >= 4 is 11.9 Å². The fraction of sp³-hybridized carbons (Fsp3) is 0.830. The molecule has 1 saturated heterocycles. The minimum Gasteiger partial charge on any atom is -0.462 e. The maximum Gasteiger partial charge on any atom is 0.306 e. The first-order valence-corrected chi connectivity index (χ1v) is 23.1. The van der Waals surface area contributed by atoms with Crippen molar-refractivity contribution in [3.63, 3.8) is 0 Å². The molecule has 0 radical (unpaired) electrons. The number of esters is 2. The number of hydrogen-bond acceptors (Lipinski definition) is 10. The van der Waals surface area contributed by atoms with Crippen molar-refractivity contribution in [2.24, 2.45) is 0 Å². The number of unbranched alkanes of at least 4 members (excludes halogenated alkanes) is 21. The maximum absolute atomic E-state index is 12.8. The zero-order valence-electron chi connectivity index (χ0n) is 36.1. The van der Waals surface area contributed by atoms with Gasteiger partial charge in [0.15, 0.2) is 12.4 Å². The Morgan fingerprint density at radius 3 is 1.49 bits per heavy atom. The lowest BCUT2D eigenvalue weighted by molar-refractivity contribution is -0.305. The van der Waals surface area contributed by atoms with Gasteiger partial charge in [0, 0.05) is 12.8 Å². The average Bonchev–Trinajstić information content (AvgIpc) is 3.21. The van der Waals surface area contributed by atoms with Gasteiger partial charge in [-0.25, -0.2) is 0 Å². The number of allylic oxidation sites excluding steroid dienone is 6. The van der Waals surface area contributed by atoms with Crippen LogP contribution in [0.4, 0.5) is 0 Å². The molecule has 0 amide bonds. The highest BCUT2D eigenvalue weighted by atomic mass is 16.7. The van der Waals surface area contributed by atoms with E-state index < -0.39 is 49.4 Å². The second kappa shape index (κ2) is 38.1. The maximum atomic E-state index is 12.8. The zero-order valence-corrected chi connectivity index (χ0v) is 36.1. The molecule has 0 bridgehead atoms. The quantitative estimate of drug-likeness (QED) is 0.0270. The number of carbonyl (C=O) groups excluding carboxylic acids is 2. The van der Waals surface area contributed by atoms with Crippen molar-refractivity contribution in [3.05, 3.63) is 36.5 Å². The molecule has 332 valence electrons. The predicted octanol–water partition coefficient (Wildman–Crippen LogP) is 9.89.